The van der Waals surface area contributed by atoms with Gasteiger partial charge in [-0.05, 0) is 55.5 Å². The van der Waals surface area contributed by atoms with Crippen LogP contribution in [0.2, 0.25) is 0 Å². The molecule has 9 nitrogen and oxygen atoms in total. The molecule has 0 aliphatic rings. The van der Waals surface area contributed by atoms with E-state index in [-0.39, 0.29) is 11.4 Å². The van der Waals surface area contributed by atoms with Gasteiger partial charge >= 0.3 is 12.0 Å². The molecule has 3 aromatic rings. The highest BCUT2D eigenvalue weighted by atomic mass is 16.5. The number of hydrogen-bond donors (Lipinski definition) is 3. The molecule has 0 saturated carbocycles. The first-order valence-corrected chi connectivity index (χ1v) is 9.83. The highest BCUT2D eigenvalue weighted by Crippen LogP contribution is 2.21. The number of carbonyl (C=O) groups is 3. The van der Waals surface area contributed by atoms with Crippen LogP contribution in [0.15, 0.2) is 72.9 Å². The topological polar surface area (TPSA) is 119 Å². The summed E-state index contributed by atoms with van der Waals surface area (Å²) >= 11 is 0. The van der Waals surface area contributed by atoms with Crippen LogP contribution in [0.25, 0.3) is 0 Å². The summed E-state index contributed by atoms with van der Waals surface area (Å²) in [6, 6.07) is 18.1. The van der Waals surface area contributed by atoms with Crippen molar-refractivity contribution in [2.75, 3.05) is 23.8 Å². The smallest absolute Gasteiger partial charge is 0.342 e. The van der Waals surface area contributed by atoms with E-state index in [1.54, 1.807) is 60.7 Å². The second-order valence-corrected chi connectivity index (χ2v) is 6.43. The van der Waals surface area contributed by atoms with Gasteiger partial charge in [0, 0.05) is 17.6 Å². The number of imide groups is 1. The Kier molecular flexibility index (Phi) is 7.74. The van der Waals surface area contributed by atoms with Crippen LogP contribution < -0.4 is 20.7 Å². The third kappa shape index (κ3) is 6.56. The van der Waals surface area contributed by atoms with Gasteiger partial charge in [-0.25, -0.2) is 14.6 Å². The minimum absolute atomic E-state index is 0.142. The van der Waals surface area contributed by atoms with Crippen LogP contribution in [-0.2, 0) is 9.53 Å². The Morgan fingerprint density at radius 3 is 2.38 bits per heavy atom. The SMILES string of the molecule is CCOc1ccc(Nc2ncccc2C(=O)OCC(=O)NC(=O)Nc2ccccc2)cc1. The minimum Gasteiger partial charge on any atom is -0.494 e. The number of nitrogens with one attached hydrogen (secondary N) is 3. The van der Waals surface area contributed by atoms with Crippen LogP contribution in [0.3, 0.4) is 0 Å². The van der Waals surface area contributed by atoms with Gasteiger partial charge in [-0.3, -0.25) is 10.1 Å². The first-order valence-electron chi connectivity index (χ1n) is 9.83. The maximum Gasteiger partial charge on any atom is 0.342 e. The molecule has 9 heteroatoms. The Morgan fingerprint density at radius 1 is 0.906 bits per heavy atom. The maximum absolute atomic E-state index is 12.5. The molecular formula is C23H22N4O5. The molecule has 3 rings (SSSR count). The molecule has 0 unspecified atom stereocenters. The van der Waals surface area contributed by atoms with E-state index in [1.807, 2.05) is 6.92 Å². The molecule has 0 fully saturated rings. The number of ether oxygens (including phenoxy) is 2. The number of amides is 3. The number of pyridine rings is 1. The number of nitrogens with zero attached hydrogens (tertiary/aromatic N) is 1. The van der Waals surface area contributed by atoms with Gasteiger partial charge in [-0.15, -0.1) is 0 Å². The lowest BCUT2D eigenvalue weighted by Crippen LogP contribution is -2.37. The lowest BCUT2D eigenvalue weighted by Gasteiger charge is -2.11. The Hall–Kier alpha value is -4.40. The van der Waals surface area contributed by atoms with Crippen molar-refractivity contribution < 1.29 is 23.9 Å². The second kappa shape index (κ2) is 11.1. The Morgan fingerprint density at radius 2 is 1.66 bits per heavy atom. The summed E-state index contributed by atoms with van der Waals surface area (Å²) in [6.45, 7) is 1.83. The van der Waals surface area contributed by atoms with E-state index in [0.717, 1.165) is 5.75 Å². The second-order valence-electron chi connectivity index (χ2n) is 6.43. The summed E-state index contributed by atoms with van der Waals surface area (Å²) in [7, 11) is 0. The first-order chi connectivity index (χ1) is 15.5. The molecule has 0 aliphatic heterocycles. The molecule has 2 aromatic carbocycles. The molecule has 32 heavy (non-hydrogen) atoms. The largest absolute Gasteiger partial charge is 0.494 e. The fraction of sp³-hybridized carbons (Fsp3) is 0.130. The van der Waals surface area contributed by atoms with Gasteiger partial charge in [0.05, 0.1) is 6.61 Å². The van der Waals surface area contributed by atoms with Gasteiger partial charge in [0.2, 0.25) is 0 Å². The molecule has 0 aliphatic carbocycles. The molecule has 0 radical (unpaired) electrons. The molecule has 0 spiro atoms. The van der Waals surface area contributed by atoms with Crippen molar-refractivity contribution >= 4 is 35.1 Å². The normalized spacial score (nSPS) is 10.0. The van der Waals surface area contributed by atoms with Crippen molar-refractivity contribution in [1.29, 1.82) is 0 Å². The molecule has 0 atom stereocenters. The summed E-state index contributed by atoms with van der Waals surface area (Å²) in [5, 5.41) is 7.63. The van der Waals surface area contributed by atoms with Gasteiger partial charge in [-0.1, -0.05) is 18.2 Å². The van der Waals surface area contributed by atoms with Crippen LogP contribution in [0, 0.1) is 0 Å². The number of esters is 1. The summed E-state index contributed by atoms with van der Waals surface area (Å²) in [5.41, 5.74) is 1.36. The van der Waals surface area contributed by atoms with Crippen molar-refractivity contribution in [2.24, 2.45) is 0 Å². The standard InChI is InChI=1S/C23H22N4O5/c1-2-31-18-12-10-17(11-13-18)25-21-19(9-6-14-24-21)22(29)32-15-20(28)27-23(30)26-16-7-4-3-5-8-16/h3-14H,2,15H2,1H3,(H,24,25)(H2,26,27,28,30). The van der Waals surface area contributed by atoms with Gasteiger partial charge in [0.15, 0.2) is 6.61 Å². The van der Waals surface area contributed by atoms with Crippen molar-refractivity contribution in [3.63, 3.8) is 0 Å². The average Bonchev–Trinajstić information content (AvgIpc) is 2.80. The molecule has 0 saturated heterocycles. The van der Waals surface area contributed by atoms with Gasteiger partial charge in [-0.2, -0.15) is 0 Å². The van der Waals surface area contributed by atoms with E-state index in [1.165, 1.54) is 12.3 Å². The predicted octanol–water partition coefficient (Wildman–Crippen LogP) is 3.73. The van der Waals surface area contributed by atoms with E-state index >= 15 is 0 Å². The molecule has 1 heterocycles. The lowest BCUT2D eigenvalue weighted by molar-refractivity contribution is -0.123. The van der Waals surface area contributed by atoms with Gasteiger partial charge in [0.25, 0.3) is 5.91 Å². The van der Waals surface area contributed by atoms with E-state index < -0.39 is 24.5 Å². The number of para-hydroxylation sites is 1. The van der Waals surface area contributed by atoms with Crippen LogP contribution in [0.5, 0.6) is 5.75 Å². The van der Waals surface area contributed by atoms with Gasteiger partial charge in [0.1, 0.15) is 17.1 Å². The zero-order valence-corrected chi connectivity index (χ0v) is 17.3. The molecule has 3 N–H and O–H groups in total. The fourth-order valence-corrected chi connectivity index (χ4v) is 2.66. The zero-order chi connectivity index (χ0) is 22.8. The summed E-state index contributed by atoms with van der Waals surface area (Å²) in [6.07, 6.45) is 1.52. The maximum atomic E-state index is 12.5. The monoisotopic (exact) mass is 434 g/mol. The number of anilines is 3. The summed E-state index contributed by atoms with van der Waals surface area (Å²) < 4.78 is 10.4. The highest BCUT2D eigenvalue weighted by molar-refractivity contribution is 6.02. The number of carbonyl (C=O) groups excluding carboxylic acids is 3. The highest BCUT2D eigenvalue weighted by Gasteiger charge is 2.17. The predicted molar refractivity (Wildman–Crippen MR) is 119 cm³/mol. The van der Waals surface area contributed by atoms with E-state index in [9.17, 15) is 14.4 Å². The molecule has 3 amide bonds. The molecule has 0 bridgehead atoms. The van der Waals surface area contributed by atoms with E-state index in [0.29, 0.717) is 18.0 Å². The zero-order valence-electron chi connectivity index (χ0n) is 17.3. The quantitative estimate of drug-likeness (QED) is 0.462. The summed E-state index contributed by atoms with van der Waals surface area (Å²) in [5.74, 6) is -0.535. The van der Waals surface area contributed by atoms with Gasteiger partial charge < -0.3 is 20.1 Å². The first kappa shape index (κ1) is 22.3. The van der Waals surface area contributed by atoms with Crippen molar-refractivity contribution in [1.82, 2.24) is 10.3 Å². The molecular weight excluding hydrogens is 412 g/mol. The van der Waals surface area contributed by atoms with Crippen LogP contribution in [0.4, 0.5) is 22.0 Å². The minimum atomic E-state index is -0.767. The Bertz CT molecular complexity index is 1070. The molecule has 1 aromatic heterocycles. The number of benzene rings is 2. The summed E-state index contributed by atoms with van der Waals surface area (Å²) in [4.78, 5) is 40.4. The van der Waals surface area contributed by atoms with E-state index in [4.69, 9.17) is 9.47 Å². The third-order valence-electron chi connectivity index (χ3n) is 4.07. The lowest BCUT2D eigenvalue weighted by atomic mass is 10.2. The number of urea groups is 1. The van der Waals surface area contributed by atoms with Crippen LogP contribution >= 0.6 is 0 Å². The van der Waals surface area contributed by atoms with Crippen molar-refractivity contribution in [3.05, 3.63) is 78.5 Å². The number of aromatic nitrogens is 1. The Balaban J connectivity index is 1.54. The van der Waals surface area contributed by atoms with Crippen LogP contribution in [-0.4, -0.2) is 36.1 Å². The average molecular weight is 434 g/mol. The van der Waals surface area contributed by atoms with Crippen molar-refractivity contribution in [2.45, 2.75) is 6.92 Å². The number of hydrogen-bond acceptors (Lipinski definition) is 7. The van der Waals surface area contributed by atoms with E-state index in [2.05, 4.69) is 20.9 Å². The Labute approximate surface area is 184 Å². The third-order valence-corrected chi connectivity index (χ3v) is 4.07. The van der Waals surface area contributed by atoms with Crippen LogP contribution in [0.1, 0.15) is 17.3 Å². The molecule has 164 valence electrons. The fourth-order valence-electron chi connectivity index (χ4n) is 2.66. The van der Waals surface area contributed by atoms with Crippen molar-refractivity contribution in [3.8, 4) is 5.75 Å². The number of rotatable bonds is 8.